The van der Waals surface area contributed by atoms with Gasteiger partial charge in [-0.1, -0.05) is 0 Å². The van der Waals surface area contributed by atoms with Gasteiger partial charge < -0.3 is 20.0 Å². The SMILES string of the molecule is Cc1cc(C)c(CNC(=O)NC(C)Cc2ccco2)c(=O)[nH]1. The Kier molecular flexibility index (Phi) is 5.04. The van der Waals surface area contributed by atoms with Crippen LogP contribution in [0.5, 0.6) is 0 Å². The van der Waals surface area contributed by atoms with E-state index in [4.69, 9.17) is 4.42 Å². The number of H-pyrrole nitrogens is 1. The second kappa shape index (κ2) is 6.98. The minimum atomic E-state index is -0.307. The predicted molar refractivity (Wildman–Crippen MR) is 83.8 cm³/mol. The topological polar surface area (TPSA) is 87.1 Å². The molecule has 2 rings (SSSR count). The number of aromatic amines is 1. The standard InChI is InChI=1S/C16H21N3O3/c1-10-7-11(2)18-15(20)14(10)9-17-16(21)19-12(3)8-13-5-4-6-22-13/h4-7,12H,8-9H2,1-3H3,(H,18,20)(H2,17,19,21). The van der Waals surface area contributed by atoms with Crippen LogP contribution >= 0.6 is 0 Å². The first-order valence-electron chi connectivity index (χ1n) is 7.22. The highest BCUT2D eigenvalue weighted by atomic mass is 16.3. The molecule has 2 aromatic heterocycles. The lowest BCUT2D eigenvalue weighted by Crippen LogP contribution is -2.42. The number of furan rings is 1. The summed E-state index contributed by atoms with van der Waals surface area (Å²) in [5.41, 5.74) is 2.08. The van der Waals surface area contributed by atoms with Crippen LogP contribution in [-0.4, -0.2) is 17.1 Å². The number of hydrogen-bond acceptors (Lipinski definition) is 3. The minimum absolute atomic E-state index is 0.0662. The molecule has 0 radical (unpaired) electrons. The molecule has 6 heteroatoms. The van der Waals surface area contributed by atoms with Gasteiger partial charge in [0.25, 0.3) is 5.56 Å². The first-order valence-corrected chi connectivity index (χ1v) is 7.22. The van der Waals surface area contributed by atoms with Crippen LogP contribution in [0.15, 0.2) is 33.7 Å². The monoisotopic (exact) mass is 303 g/mol. The van der Waals surface area contributed by atoms with E-state index in [1.54, 1.807) is 6.26 Å². The number of hydrogen-bond donors (Lipinski definition) is 3. The third-order valence-electron chi connectivity index (χ3n) is 3.38. The number of aryl methyl sites for hydroxylation is 2. The summed E-state index contributed by atoms with van der Waals surface area (Å²) in [6.45, 7) is 5.78. The lowest BCUT2D eigenvalue weighted by molar-refractivity contribution is 0.237. The van der Waals surface area contributed by atoms with Gasteiger partial charge in [-0.3, -0.25) is 4.79 Å². The number of pyridine rings is 1. The van der Waals surface area contributed by atoms with Crippen molar-refractivity contribution in [2.75, 3.05) is 0 Å². The Morgan fingerprint density at radius 3 is 2.82 bits per heavy atom. The van der Waals surface area contributed by atoms with Crippen molar-refractivity contribution in [3.63, 3.8) is 0 Å². The van der Waals surface area contributed by atoms with Crippen molar-refractivity contribution >= 4 is 6.03 Å². The first kappa shape index (κ1) is 15.9. The molecule has 6 nitrogen and oxygen atoms in total. The molecule has 2 heterocycles. The molecular weight excluding hydrogens is 282 g/mol. The van der Waals surface area contributed by atoms with E-state index in [-0.39, 0.29) is 24.2 Å². The molecule has 1 unspecified atom stereocenters. The highest BCUT2D eigenvalue weighted by Crippen LogP contribution is 2.04. The zero-order valence-corrected chi connectivity index (χ0v) is 13.0. The predicted octanol–water partition coefficient (Wildman–Crippen LogP) is 2.02. The van der Waals surface area contributed by atoms with Gasteiger partial charge in [-0.15, -0.1) is 0 Å². The molecular formula is C16H21N3O3. The number of carbonyl (C=O) groups is 1. The van der Waals surface area contributed by atoms with Gasteiger partial charge in [0.2, 0.25) is 0 Å². The largest absolute Gasteiger partial charge is 0.469 e. The zero-order valence-electron chi connectivity index (χ0n) is 13.0. The molecule has 2 amide bonds. The summed E-state index contributed by atoms with van der Waals surface area (Å²) in [5.74, 6) is 0.818. The Balaban J connectivity index is 1.86. The number of amides is 2. The molecule has 0 spiro atoms. The normalized spacial score (nSPS) is 12.0. The van der Waals surface area contributed by atoms with Gasteiger partial charge >= 0.3 is 6.03 Å². The summed E-state index contributed by atoms with van der Waals surface area (Å²) >= 11 is 0. The van der Waals surface area contributed by atoms with E-state index >= 15 is 0 Å². The lowest BCUT2D eigenvalue weighted by atomic mass is 10.1. The van der Waals surface area contributed by atoms with Crippen LogP contribution in [0.3, 0.4) is 0 Å². The maximum absolute atomic E-state index is 11.9. The molecule has 2 aromatic rings. The quantitative estimate of drug-likeness (QED) is 0.789. The van der Waals surface area contributed by atoms with Crippen molar-refractivity contribution in [3.8, 4) is 0 Å². The number of nitrogens with one attached hydrogen (secondary N) is 3. The molecule has 0 aliphatic rings. The van der Waals surface area contributed by atoms with E-state index < -0.39 is 0 Å². The molecule has 0 aromatic carbocycles. The smallest absolute Gasteiger partial charge is 0.315 e. The maximum Gasteiger partial charge on any atom is 0.315 e. The van der Waals surface area contributed by atoms with Crippen molar-refractivity contribution in [2.24, 2.45) is 0 Å². The highest BCUT2D eigenvalue weighted by molar-refractivity contribution is 5.74. The highest BCUT2D eigenvalue weighted by Gasteiger charge is 2.11. The zero-order chi connectivity index (χ0) is 16.1. The van der Waals surface area contributed by atoms with Crippen LogP contribution in [0.1, 0.15) is 29.5 Å². The van der Waals surface area contributed by atoms with Gasteiger partial charge in [0.1, 0.15) is 5.76 Å². The fraction of sp³-hybridized carbons (Fsp3) is 0.375. The van der Waals surface area contributed by atoms with Crippen LogP contribution in [0.4, 0.5) is 4.79 Å². The third-order valence-corrected chi connectivity index (χ3v) is 3.38. The summed E-state index contributed by atoms with van der Waals surface area (Å²) in [4.78, 5) is 26.5. The molecule has 1 atom stereocenters. The summed E-state index contributed by atoms with van der Waals surface area (Å²) in [6.07, 6.45) is 2.22. The van der Waals surface area contributed by atoms with E-state index in [0.29, 0.717) is 12.0 Å². The van der Waals surface area contributed by atoms with Crippen molar-refractivity contribution in [2.45, 2.75) is 39.8 Å². The van der Waals surface area contributed by atoms with Gasteiger partial charge in [-0.25, -0.2) is 4.79 Å². The van der Waals surface area contributed by atoms with E-state index in [0.717, 1.165) is 17.0 Å². The molecule has 0 saturated carbocycles. The Labute approximate surface area is 128 Å². The van der Waals surface area contributed by atoms with Crippen LogP contribution in [0.25, 0.3) is 0 Å². The number of carbonyl (C=O) groups excluding carboxylic acids is 1. The van der Waals surface area contributed by atoms with E-state index in [1.165, 1.54) is 0 Å². The average Bonchev–Trinajstić information content (AvgIpc) is 2.89. The molecule has 118 valence electrons. The van der Waals surface area contributed by atoms with Gasteiger partial charge in [-0.2, -0.15) is 0 Å². The summed E-state index contributed by atoms with van der Waals surface area (Å²) in [7, 11) is 0. The second-order valence-corrected chi connectivity index (χ2v) is 5.45. The molecule has 3 N–H and O–H groups in total. The Morgan fingerprint density at radius 2 is 2.18 bits per heavy atom. The second-order valence-electron chi connectivity index (χ2n) is 5.45. The fourth-order valence-electron chi connectivity index (χ4n) is 2.33. The average molecular weight is 303 g/mol. The summed E-state index contributed by atoms with van der Waals surface area (Å²) in [6, 6.07) is 5.19. The molecule has 0 aliphatic heterocycles. The Morgan fingerprint density at radius 1 is 1.41 bits per heavy atom. The van der Waals surface area contributed by atoms with Crippen LogP contribution < -0.4 is 16.2 Å². The Bertz CT molecular complexity index is 689. The molecule has 0 fully saturated rings. The number of urea groups is 1. The molecule has 0 saturated heterocycles. The fourth-order valence-corrected chi connectivity index (χ4v) is 2.33. The van der Waals surface area contributed by atoms with Crippen LogP contribution in [0.2, 0.25) is 0 Å². The van der Waals surface area contributed by atoms with Crippen molar-refractivity contribution < 1.29 is 9.21 Å². The minimum Gasteiger partial charge on any atom is -0.469 e. The van der Waals surface area contributed by atoms with E-state index in [9.17, 15) is 9.59 Å². The molecule has 0 aliphatic carbocycles. The first-order chi connectivity index (χ1) is 10.5. The van der Waals surface area contributed by atoms with Crippen molar-refractivity contribution in [1.82, 2.24) is 15.6 Å². The summed E-state index contributed by atoms with van der Waals surface area (Å²) < 4.78 is 5.24. The molecule has 0 bridgehead atoms. The van der Waals surface area contributed by atoms with Crippen LogP contribution in [-0.2, 0) is 13.0 Å². The van der Waals surface area contributed by atoms with E-state index in [1.807, 2.05) is 39.0 Å². The van der Waals surface area contributed by atoms with Gasteiger partial charge in [0.15, 0.2) is 0 Å². The van der Waals surface area contributed by atoms with Gasteiger partial charge in [0, 0.05) is 23.7 Å². The third kappa shape index (κ3) is 4.25. The Hall–Kier alpha value is -2.50. The van der Waals surface area contributed by atoms with Crippen LogP contribution in [0, 0.1) is 13.8 Å². The van der Waals surface area contributed by atoms with E-state index in [2.05, 4.69) is 15.6 Å². The number of rotatable bonds is 5. The lowest BCUT2D eigenvalue weighted by Gasteiger charge is -2.14. The maximum atomic E-state index is 11.9. The van der Waals surface area contributed by atoms with Gasteiger partial charge in [-0.05, 0) is 44.5 Å². The van der Waals surface area contributed by atoms with Crippen molar-refractivity contribution in [3.05, 3.63) is 57.4 Å². The van der Waals surface area contributed by atoms with Crippen molar-refractivity contribution in [1.29, 1.82) is 0 Å². The summed E-state index contributed by atoms with van der Waals surface area (Å²) in [5, 5.41) is 5.53. The molecule has 22 heavy (non-hydrogen) atoms. The number of aromatic nitrogens is 1. The van der Waals surface area contributed by atoms with Gasteiger partial charge in [0.05, 0.1) is 12.8 Å².